The van der Waals surface area contributed by atoms with E-state index in [9.17, 15) is 0 Å². The number of ether oxygens (including phenoxy) is 2. The summed E-state index contributed by atoms with van der Waals surface area (Å²) in [7, 11) is 1.56. The van der Waals surface area contributed by atoms with Crippen molar-refractivity contribution < 1.29 is 9.47 Å². The van der Waals surface area contributed by atoms with Gasteiger partial charge >= 0.3 is 0 Å². The van der Waals surface area contributed by atoms with Gasteiger partial charge in [-0.1, -0.05) is 109 Å². The molecular weight excluding hydrogens is 492 g/mol. The number of fused-ring (bicyclic) bond motifs is 2. The summed E-state index contributed by atoms with van der Waals surface area (Å²) in [6.45, 7) is 9.86. The van der Waals surface area contributed by atoms with Gasteiger partial charge in [-0.05, 0) is 59.4 Å². The summed E-state index contributed by atoms with van der Waals surface area (Å²) in [4.78, 5) is 0. The van der Waals surface area contributed by atoms with Crippen LogP contribution in [0, 0.1) is 0 Å². The molecule has 6 rings (SSSR count). The Bertz CT molecular complexity index is 1520. The van der Waals surface area contributed by atoms with E-state index < -0.39 is 8.07 Å². The molecule has 0 N–H and O–H groups in total. The fourth-order valence-corrected chi connectivity index (χ4v) is 12.4. The molecule has 196 valence electrons. The molecule has 0 radical (unpaired) electrons. The highest BCUT2D eigenvalue weighted by molar-refractivity contribution is 6.81. The lowest BCUT2D eigenvalue weighted by molar-refractivity contribution is 0.416. The molecular formula is C36H36O2Si. The van der Waals surface area contributed by atoms with Crippen molar-refractivity contribution >= 4 is 20.2 Å². The molecule has 2 nitrogen and oxygen atoms in total. The second kappa shape index (κ2) is 9.73. The highest BCUT2D eigenvalue weighted by Crippen LogP contribution is 2.54. The van der Waals surface area contributed by atoms with Crippen molar-refractivity contribution in [2.75, 3.05) is 14.2 Å². The van der Waals surface area contributed by atoms with E-state index in [2.05, 4.69) is 112 Å². The Morgan fingerprint density at radius 2 is 0.897 bits per heavy atom. The van der Waals surface area contributed by atoms with E-state index in [0.717, 1.165) is 22.6 Å². The van der Waals surface area contributed by atoms with Gasteiger partial charge in [0.1, 0.15) is 11.5 Å². The van der Waals surface area contributed by atoms with E-state index in [1.165, 1.54) is 44.5 Å². The Kier molecular flexibility index (Phi) is 6.35. The molecule has 3 heteroatoms. The van der Waals surface area contributed by atoms with E-state index >= 15 is 0 Å². The van der Waals surface area contributed by atoms with Crippen LogP contribution in [-0.4, -0.2) is 22.3 Å². The summed E-state index contributed by atoms with van der Waals surface area (Å²) >= 11 is 0. The van der Waals surface area contributed by atoms with Gasteiger partial charge in [0.15, 0.2) is 0 Å². The lowest BCUT2D eigenvalue weighted by atomic mass is 9.96. The number of methoxy groups -OCH3 is 2. The van der Waals surface area contributed by atoms with Crippen molar-refractivity contribution in [3.05, 3.63) is 118 Å². The molecule has 39 heavy (non-hydrogen) atoms. The molecule has 0 aliphatic heterocycles. The zero-order chi connectivity index (χ0) is 27.3. The molecule has 0 fully saturated rings. The third-order valence-corrected chi connectivity index (χ3v) is 13.3. The molecule has 2 atom stereocenters. The summed E-state index contributed by atoms with van der Waals surface area (Å²) in [5.74, 6) is 1.84. The van der Waals surface area contributed by atoms with Crippen LogP contribution in [0.4, 0.5) is 0 Å². The van der Waals surface area contributed by atoms with Crippen molar-refractivity contribution in [3.8, 4) is 33.8 Å². The van der Waals surface area contributed by atoms with Gasteiger partial charge in [-0.25, -0.2) is 0 Å². The van der Waals surface area contributed by atoms with Gasteiger partial charge in [0.05, 0.1) is 22.3 Å². The van der Waals surface area contributed by atoms with Crippen molar-refractivity contribution in [2.45, 2.75) is 38.0 Å². The molecule has 0 saturated heterocycles. The van der Waals surface area contributed by atoms with Crippen molar-refractivity contribution in [1.29, 1.82) is 0 Å². The first kappa shape index (κ1) is 25.5. The van der Waals surface area contributed by atoms with Crippen LogP contribution in [0.3, 0.4) is 0 Å². The molecule has 2 unspecified atom stereocenters. The Balaban J connectivity index is 1.46. The largest absolute Gasteiger partial charge is 0.496 e. The van der Waals surface area contributed by atoms with Crippen molar-refractivity contribution in [3.63, 3.8) is 0 Å². The van der Waals surface area contributed by atoms with E-state index in [0.29, 0.717) is 11.1 Å². The first-order chi connectivity index (χ1) is 18.9. The van der Waals surface area contributed by atoms with Crippen LogP contribution in [0.15, 0.2) is 96.1 Å². The van der Waals surface area contributed by atoms with Crippen LogP contribution in [0.1, 0.15) is 47.2 Å². The first-order valence-corrected chi connectivity index (χ1v) is 16.9. The first-order valence-electron chi connectivity index (χ1n) is 13.8. The van der Waals surface area contributed by atoms with Gasteiger partial charge in [-0.15, -0.1) is 0 Å². The summed E-state index contributed by atoms with van der Waals surface area (Å²) in [5.41, 5.74) is 14.3. The maximum Gasteiger partial charge on any atom is 0.126 e. The summed E-state index contributed by atoms with van der Waals surface area (Å²) in [6.07, 6.45) is 4.88. The van der Waals surface area contributed by atoms with Crippen LogP contribution in [0.5, 0.6) is 11.5 Å². The average Bonchev–Trinajstić information content (AvgIpc) is 3.48. The number of para-hydroxylation sites is 2. The predicted octanol–water partition coefficient (Wildman–Crippen LogP) is 9.53. The topological polar surface area (TPSA) is 18.5 Å². The zero-order valence-corrected chi connectivity index (χ0v) is 24.7. The minimum atomic E-state index is -1.96. The smallest absolute Gasteiger partial charge is 0.126 e. The number of hydrogen-bond acceptors (Lipinski definition) is 2. The minimum Gasteiger partial charge on any atom is -0.496 e. The molecule has 4 aromatic carbocycles. The highest BCUT2D eigenvalue weighted by Gasteiger charge is 2.47. The molecule has 0 heterocycles. The van der Waals surface area contributed by atoms with Crippen molar-refractivity contribution in [2.24, 2.45) is 0 Å². The predicted molar refractivity (Wildman–Crippen MR) is 167 cm³/mol. The molecule has 2 aliphatic carbocycles. The Hall–Kier alpha value is -3.82. The molecule has 0 spiro atoms. The molecule has 4 aromatic rings. The van der Waals surface area contributed by atoms with Crippen LogP contribution in [0.2, 0.25) is 13.1 Å². The number of hydrogen-bond donors (Lipinski definition) is 0. The fourth-order valence-electron chi connectivity index (χ4n) is 7.45. The zero-order valence-electron chi connectivity index (χ0n) is 23.7. The van der Waals surface area contributed by atoms with Gasteiger partial charge in [0.2, 0.25) is 0 Å². The molecule has 0 saturated carbocycles. The SMILES string of the molecule is COc1ccccc1-c1cccc2c1C=C(C)C2[Si](C)(C)C1C(C)=Cc2c(-c3ccccc3OC)cccc21. The quantitative estimate of drug-likeness (QED) is 0.232. The van der Waals surface area contributed by atoms with E-state index in [1.807, 2.05) is 12.1 Å². The maximum absolute atomic E-state index is 5.75. The summed E-state index contributed by atoms with van der Waals surface area (Å²) in [6, 6.07) is 30.4. The van der Waals surface area contributed by atoms with Crippen LogP contribution >= 0.6 is 0 Å². The minimum absolute atomic E-state index is 0.441. The Labute approximate surface area is 233 Å². The van der Waals surface area contributed by atoms with Crippen LogP contribution in [-0.2, 0) is 0 Å². The van der Waals surface area contributed by atoms with Gasteiger partial charge < -0.3 is 9.47 Å². The lowest BCUT2D eigenvalue weighted by Gasteiger charge is -2.39. The van der Waals surface area contributed by atoms with E-state index in [-0.39, 0.29) is 0 Å². The molecule has 2 aliphatic rings. The standard InChI is InChI=1S/C36H36O2Si/c1-23-21-31-25(27-13-7-9-19-33(27)37-3)15-11-17-29(31)35(23)39(5,6)36-24(2)22-32-26(16-12-18-30(32)36)28-14-8-10-20-34(28)38-4/h7-22,35-36H,1-6H3. The van der Waals surface area contributed by atoms with Gasteiger partial charge in [-0.2, -0.15) is 0 Å². The van der Waals surface area contributed by atoms with Crippen molar-refractivity contribution in [1.82, 2.24) is 0 Å². The van der Waals surface area contributed by atoms with Gasteiger partial charge in [0, 0.05) is 22.2 Å². The molecule has 0 bridgehead atoms. The molecule has 0 aromatic heterocycles. The van der Waals surface area contributed by atoms with Crippen LogP contribution < -0.4 is 9.47 Å². The van der Waals surface area contributed by atoms with Gasteiger partial charge in [0.25, 0.3) is 0 Å². The fraction of sp³-hybridized carbons (Fsp3) is 0.222. The second-order valence-electron chi connectivity index (χ2n) is 11.5. The normalized spacial score (nSPS) is 17.8. The monoisotopic (exact) mass is 528 g/mol. The van der Waals surface area contributed by atoms with E-state index in [4.69, 9.17) is 9.47 Å². The number of rotatable bonds is 6. The Morgan fingerprint density at radius 3 is 1.31 bits per heavy atom. The second-order valence-corrected chi connectivity index (χ2v) is 16.3. The summed E-state index contributed by atoms with van der Waals surface area (Å²) in [5, 5.41) is 0. The number of allylic oxidation sites excluding steroid dienone is 2. The third-order valence-electron chi connectivity index (χ3n) is 8.84. The van der Waals surface area contributed by atoms with Crippen LogP contribution in [0.25, 0.3) is 34.4 Å². The average molecular weight is 529 g/mol. The summed E-state index contributed by atoms with van der Waals surface area (Å²) < 4.78 is 11.5. The maximum atomic E-state index is 5.75. The third kappa shape index (κ3) is 3.99. The molecule has 0 amide bonds. The number of benzene rings is 4. The van der Waals surface area contributed by atoms with E-state index in [1.54, 1.807) is 14.2 Å². The highest BCUT2D eigenvalue weighted by atomic mass is 28.3. The Morgan fingerprint density at radius 1 is 0.513 bits per heavy atom. The lowest BCUT2D eigenvalue weighted by Crippen LogP contribution is -2.42. The van der Waals surface area contributed by atoms with Gasteiger partial charge in [-0.3, -0.25) is 0 Å².